The molecular weight excluding hydrogens is 418 g/mol. The number of aryl methyl sites for hydroxylation is 1. The van der Waals surface area contributed by atoms with Crippen LogP contribution in [0.25, 0.3) is 11.4 Å². The molecule has 7 heteroatoms. The van der Waals surface area contributed by atoms with E-state index in [-0.39, 0.29) is 17.9 Å². The maximum Gasteiger partial charge on any atom is 0.230 e. The number of hydrogen-bond donors (Lipinski definition) is 0. The second-order valence-corrected chi connectivity index (χ2v) is 8.74. The van der Waals surface area contributed by atoms with Crippen molar-refractivity contribution in [2.24, 2.45) is 0 Å². The van der Waals surface area contributed by atoms with E-state index in [1.807, 2.05) is 47.4 Å². The maximum absolute atomic E-state index is 12.4. The number of carbonyl (C=O) groups is 1. The highest BCUT2D eigenvalue weighted by Crippen LogP contribution is 2.28. The van der Waals surface area contributed by atoms with Gasteiger partial charge in [0.25, 0.3) is 0 Å². The summed E-state index contributed by atoms with van der Waals surface area (Å²) in [7, 11) is 0. The van der Waals surface area contributed by atoms with Crippen LogP contribution in [0.5, 0.6) is 5.75 Å². The molecule has 1 amide bonds. The molecule has 7 nitrogen and oxygen atoms in total. The molecular formula is C26H29N3O4. The minimum absolute atomic E-state index is 0.0409. The molecule has 0 atom stereocenters. The fourth-order valence-electron chi connectivity index (χ4n) is 4.30. The molecule has 172 valence electrons. The smallest absolute Gasteiger partial charge is 0.230 e. The van der Waals surface area contributed by atoms with Gasteiger partial charge < -0.3 is 18.9 Å². The van der Waals surface area contributed by atoms with E-state index in [1.165, 1.54) is 5.56 Å². The van der Waals surface area contributed by atoms with Gasteiger partial charge in [0.1, 0.15) is 11.9 Å². The third-order valence-electron chi connectivity index (χ3n) is 6.33. The molecule has 2 aromatic carbocycles. The largest absolute Gasteiger partial charge is 0.487 e. The van der Waals surface area contributed by atoms with Crippen LogP contribution in [-0.4, -0.2) is 53.4 Å². The number of likely N-dealkylation sites (tertiary alicyclic amines) is 1. The van der Waals surface area contributed by atoms with Crippen LogP contribution in [0, 0.1) is 0 Å². The Kier molecular flexibility index (Phi) is 6.67. The molecule has 2 saturated heterocycles. The Morgan fingerprint density at radius 2 is 1.79 bits per heavy atom. The topological polar surface area (TPSA) is 77.7 Å². The first-order valence-electron chi connectivity index (χ1n) is 11.7. The summed E-state index contributed by atoms with van der Waals surface area (Å²) in [4.78, 5) is 18.8. The van der Waals surface area contributed by atoms with Gasteiger partial charge in [-0.25, -0.2) is 0 Å². The Balaban J connectivity index is 1.06. The molecule has 0 N–H and O–H groups in total. The van der Waals surface area contributed by atoms with Gasteiger partial charge in [-0.2, -0.15) is 4.98 Å². The quantitative estimate of drug-likeness (QED) is 0.514. The molecule has 33 heavy (non-hydrogen) atoms. The van der Waals surface area contributed by atoms with Gasteiger partial charge in [0.05, 0.1) is 13.1 Å². The second kappa shape index (κ2) is 10.2. The minimum atomic E-state index is 0.0409. The van der Waals surface area contributed by atoms with Gasteiger partial charge in [-0.05, 0) is 55.5 Å². The SMILES string of the molecule is O=C(CCCc1ccccc1)N1CC(Oc2ccc(-c3noc(C4CCOCC4)n3)cc2)C1. The molecule has 0 spiro atoms. The molecule has 1 aromatic heterocycles. The van der Waals surface area contributed by atoms with Crippen molar-refractivity contribution in [3.63, 3.8) is 0 Å². The van der Waals surface area contributed by atoms with E-state index in [0.29, 0.717) is 31.2 Å². The molecule has 2 aliphatic rings. The predicted octanol–water partition coefficient (Wildman–Crippen LogP) is 4.24. The van der Waals surface area contributed by atoms with Gasteiger partial charge in [0.2, 0.25) is 17.6 Å². The third kappa shape index (κ3) is 5.42. The zero-order valence-electron chi connectivity index (χ0n) is 18.7. The zero-order chi connectivity index (χ0) is 22.5. The van der Waals surface area contributed by atoms with Crippen LogP contribution in [0.1, 0.15) is 43.1 Å². The van der Waals surface area contributed by atoms with Crippen LogP contribution in [0.3, 0.4) is 0 Å². The molecule has 3 heterocycles. The molecule has 0 unspecified atom stereocenters. The van der Waals surface area contributed by atoms with E-state index in [4.69, 9.17) is 14.0 Å². The van der Waals surface area contributed by atoms with Crippen LogP contribution >= 0.6 is 0 Å². The Morgan fingerprint density at radius 3 is 2.55 bits per heavy atom. The van der Waals surface area contributed by atoms with Crippen LogP contribution in [-0.2, 0) is 16.0 Å². The molecule has 5 rings (SSSR count). The van der Waals surface area contributed by atoms with Crippen molar-refractivity contribution >= 4 is 5.91 Å². The Labute approximate surface area is 193 Å². The number of aromatic nitrogens is 2. The van der Waals surface area contributed by atoms with Gasteiger partial charge in [0.15, 0.2) is 0 Å². The number of carbonyl (C=O) groups excluding carboxylic acids is 1. The minimum Gasteiger partial charge on any atom is -0.487 e. The Bertz CT molecular complexity index is 1040. The lowest BCUT2D eigenvalue weighted by Gasteiger charge is -2.39. The van der Waals surface area contributed by atoms with Crippen molar-refractivity contribution in [1.82, 2.24) is 15.0 Å². The van der Waals surface area contributed by atoms with Gasteiger partial charge in [-0.3, -0.25) is 4.79 Å². The first-order chi connectivity index (χ1) is 16.2. The van der Waals surface area contributed by atoms with E-state index >= 15 is 0 Å². The monoisotopic (exact) mass is 447 g/mol. The number of nitrogens with zero attached hydrogens (tertiary/aromatic N) is 3. The van der Waals surface area contributed by atoms with Crippen molar-refractivity contribution in [2.75, 3.05) is 26.3 Å². The van der Waals surface area contributed by atoms with E-state index < -0.39 is 0 Å². The van der Waals surface area contributed by atoms with Crippen molar-refractivity contribution in [3.8, 4) is 17.1 Å². The second-order valence-electron chi connectivity index (χ2n) is 8.74. The normalized spacial score (nSPS) is 17.0. The van der Waals surface area contributed by atoms with Crippen LogP contribution in [0.15, 0.2) is 59.1 Å². The van der Waals surface area contributed by atoms with Gasteiger partial charge in [0, 0.05) is 31.1 Å². The standard InChI is InChI=1S/C26H29N3O4/c30-24(8-4-7-19-5-2-1-3-6-19)29-17-23(18-29)32-22-11-9-20(10-12-22)25-27-26(33-28-25)21-13-15-31-16-14-21/h1-3,5-6,9-12,21,23H,4,7-8,13-18H2. The highest BCUT2D eigenvalue weighted by Gasteiger charge is 2.31. The molecule has 0 radical (unpaired) electrons. The Hall–Kier alpha value is -3.19. The maximum atomic E-state index is 12.4. The average molecular weight is 448 g/mol. The van der Waals surface area contributed by atoms with Gasteiger partial charge >= 0.3 is 0 Å². The van der Waals surface area contributed by atoms with Crippen LogP contribution < -0.4 is 4.74 Å². The van der Waals surface area contributed by atoms with Crippen molar-refractivity contribution in [2.45, 2.75) is 44.1 Å². The van der Waals surface area contributed by atoms with Crippen molar-refractivity contribution in [1.29, 1.82) is 0 Å². The summed E-state index contributed by atoms with van der Waals surface area (Å²) in [6.07, 6.45) is 4.27. The summed E-state index contributed by atoms with van der Waals surface area (Å²) < 4.78 is 16.9. The van der Waals surface area contributed by atoms with Gasteiger partial charge in [-0.15, -0.1) is 0 Å². The van der Waals surface area contributed by atoms with Crippen LogP contribution in [0.2, 0.25) is 0 Å². The number of ether oxygens (including phenoxy) is 2. The summed E-state index contributed by atoms with van der Waals surface area (Å²) >= 11 is 0. The van der Waals surface area contributed by atoms with E-state index in [1.54, 1.807) is 0 Å². The highest BCUT2D eigenvalue weighted by atomic mass is 16.5. The van der Waals surface area contributed by atoms with Crippen molar-refractivity contribution in [3.05, 3.63) is 66.1 Å². The molecule has 2 fully saturated rings. The Morgan fingerprint density at radius 1 is 1.03 bits per heavy atom. The van der Waals surface area contributed by atoms with E-state index in [2.05, 4.69) is 22.3 Å². The zero-order valence-corrected chi connectivity index (χ0v) is 18.7. The summed E-state index contributed by atoms with van der Waals surface area (Å²) in [5.41, 5.74) is 2.17. The first kappa shape index (κ1) is 21.6. The molecule has 3 aromatic rings. The summed E-state index contributed by atoms with van der Waals surface area (Å²) in [6, 6.07) is 18.0. The number of amides is 1. The van der Waals surface area contributed by atoms with E-state index in [0.717, 1.165) is 50.2 Å². The molecule has 2 aliphatic heterocycles. The number of benzene rings is 2. The van der Waals surface area contributed by atoms with Crippen LogP contribution in [0.4, 0.5) is 0 Å². The summed E-state index contributed by atoms with van der Waals surface area (Å²) in [5.74, 6) is 2.56. The summed E-state index contributed by atoms with van der Waals surface area (Å²) in [6.45, 7) is 2.77. The fourth-order valence-corrected chi connectivity index (χ4v) is 4.30. The number of hydrogen-bond acceptors (Lipinski definition) is 6. The van der Waals surface area contributed by atoms with E-state index in [9.17, 15) is 4.79 Å². The lowest BCUT2D eigenvalue weighted by molar-refractivity contribution is -0.140. The first-order valence-corrected chi connectivity index (χ1v) is 11.7. The predicted molar refractivity (Wildman–Crippen MR) is 123 cm³/mol. The fraction of sp³-hybridized carbons (Fsp3) is 0.423. The highest BCUT2D eigenvalue weighted by molar-refractivity contribution is 5.77. The lowest BCUT2D eigenvalue weighted by atomic mass is 10.0. The van der Waals surface area contributed by atoms with Crippen molar-refractivity contribution < 1.29 is 18.8 Å². The molecule has 0 aliphatic carbocycles. The lowest BCUT2D eigenvalue weighted by Crippen LogP contribution is -2.56. The average Bonchev–Trinajstić information content (AvgIpc) is 3.33. The summed E-state index contributed by atoms with van der Waals surface area (Å²) in [5, 5.41) is 4.14. The number of rotatable bonds is 8. The molecule has 0 bridgehead atoms. The van der Waals surface area contributed by atoms with Gasteiger partial charge in [-0.1, -0.05) is 35.5 Å². The molecule has 0 saturated carbocycles. The third-order valence-corrected chi connectivity index (χ3v) is 6.33.